The molecule has 112 valence electrons. The standard InChI is InChI=1S/C16H19NO4/c1-3-20-15-5-4-10-17(16(15)18)11-12-21-14-8-6-13(19-2)7-9-14/h4-10H,3,11-12H2,1-2H3. The lowest BCUT2D eigenvalue weighted by atomic mass is 10.3. The van der Waals surface area contributed by atoms with E-state index in [1.165, 1.54) is 0 Å². The maximum atomic E-state index is 12.1. The van der Waals surface area contributed by atoms with E-state index in [0.717, 1.165) is 11.5 Å². The summed E-state index contributed by atoms with van der Waals surface area (Å²) in [5.74, 6) is 1.89. The van der Waals surface area contributed by atoms with Crippen molar-refractivity contribution in [2.75, 3.05) is 20.3 Å². The van der Waals surface area contributed by atoms with Crippen molar-refractivity contribution >= 4 is 0 Å². The summed E-state index contributed by atoms with van der Waals surface area (Å²) < 4.78 is 17.5. The second-order valence-electron chi connectivity index (χ2n) is 4.33. The second kappa shape index (κ2) is 7.38. The first-order valence-electron chi connectivity index (χ1n) is 6.83. The number of aromatic nitrogens is 1. The van der Waals surface area contributed by atoms with Crippen molar-refractivity contribution in [3.63, 3.8) is 0 Å². The molecule has 0 radical (unpaired) electrons. The van der Waals surface area contributed by atoms with E-state index in [1.807, 2.05) is 31.2 Å². The Morgan fingerprint density at radius 3 is 2.43 bits per heavy atom. The number of hydrogen-bond acceptors (Lipinski definition) is 4. The fourth-order valence-electron chi connectivity index (χ4n) is 1.89. The number of ether oxygens (including phenoxy) is 3. The highest BCUT2D eigenvalue weighted by atomic mass is 16.5. The van der Waals surface area contributed by atoms with Crippen LogP contribution in [0.4, 0.5) is 0 Å². The predicted molar refractivity (Wildman–Crippen MR) is 80.4 cm³/mol. The average Bonchev–Trinajstić information content (AvgIpc) is 2.52. The van der Waals surface area contributed by atoms with Gasteiger partial charge in [-0.15, -0.1) is 0 Å². The lowest BCUT2D eigenvalue weighted by molar-refractivity contribution is 0.291. The van der Waals surface area contributed by atoms with Gasteiger partial charge >= 0.3 is 0 Å². The van der Waals surface area contributed by atoms with Gasteiger partial charge in [0.05, 0.1) is 20.3 Å². The fourth-order valence-corrected chi connectivity index (χ4v) is 1.89. The quantitative estimate of drug-likeness (QED) is 0.785. The number of benzene rings is 1. The van der Waals surface area contributed by atoms with Gasteiger partial charge in [-0.05, 0) is 43.3 Å². The molecule has 0 aliphatic carbocycles. The summed E-state index contributed by atoms with van der Waals surface area (Å²) in [6, 6.07) is 10.8. The van der Waals surface area contributed by atoms with Crippen LogP contribution < -0.4 is 19.8 Å². The minimum atomic E-state index is -0.141. The zero-order valence-electron chi connectivity index (χ0n) is 12.2. The minimum absolute atomic E-state index is 0.141. The molecule has 0 atom stereocenters. The number of pyridine rings is 1. The van der Waals surface area contributed by atoms with Crippen molar-refractivity contribution in [2.45, 2.75) is 13.5 Å². The largest absolute Gasteiger partial charge is 0.497 e. The van der Waals surface area contributed by atoms with Crippen molar-refractivity contribution in [2.24, 2.45) is 0 Å². The van der Waals surface area contributed by atoms with E-state index >= 15 is 0 Å². The molecule has 2 aromatic rings. The van der Waals surface area contributed by atoms with Gasteiger partial charge < -0.3 is 18.8 Å². The summed E-state index contributed by atoms with van der Waals surface area (Å²) in [4.78, 5) is 12.1. The second-order valence-corrected chi connectivity index (χ2v) is 4.33. The van der Waals surface area contributed by atoms with Gasteiger partial charge in [0.15, 0.2) is 5.75 Å². The first kappa shape index (κ1) is 15.0. The zero-order chi connectivity index (χ0) is 15.1. The highest BCUT2D eigenvalue weighted by molar-refractivity contribution is 5.31. The van der Waals surface area contributed by atoms with Crippen molar-refractivity contribution in [1.82, 2.24) is 4.57 Å². The van der Waals surface area contributed by atoms with Gasteiger partial charge in [-0.3, -0.25) is 4.79 Å². The molecule has 1 aromatic heterocycles. The molecule has 1 heterocycles. The first-order chi connectivity index (χ1) is 10.2. The van der Waals surface area contributed by atoms with Gasteiger partial charge in [-0.2, -0.15) is 0 Å². The normalized spacial score (nSPS) is 10.2. The van der Waals surface area contributed by atoms with Gasteiger partial charge in [-0.25, -0.2) is 0 Å². The monoisotopic (exact) mass is 289 g/mol. The average molecular weight is 289 g/mol. The molecule has 2 rings (SSSR count). The maximum absolute atomic E-state index is 12.1. The highest BCUT2D eigenvalue weighted by Crippen LogP contribution is 2.16. The summed E-state index contributed by atoms with van der Waals surface area (Å²) in [7, 11) is 1.62. The SMILES string of the molecule is CCOc1cccn(CCOc2ccc(OC)cc2)c1=O. The third kappa shape index (κ3) is 4.02. The van der Waals surface area contributed by atoms with Crippen LogP contribution in [0, 0.1) is 0 Å². The molecule has 0 aliphatic heterocycles. The molecule has 0 saturated heterocycles. The number of nitrogens with zero attached hydrogens (tertiary/aromatic N) is 1. The smallest absolute Gasteiger partial charge is 0.292 e. The summed E-state index contributed by atoms with van der Waals surface area (Å²) >= 11 is 0. The third-order valence-corrected chi connectivity index (χ3v) is 2.95. The van der Waals surface area contributed by atoms with Crippen LogP contribution in [0.1, 0.15) is 6.92 Å². The number of hydrogen-bond donors (Lipinski definition) is 0. The summed E-state index contributed by atoms with van der Waals surface area (Å²) in [5, 5.41) is 0. The minimum Gasteiger partial charge on any atom is -0.497 e. The van der Waals surface area contributed by atoms with Gasteiger partial charge in [0, 0.05) is 6.20 Å². The zero-order valence-corrected chi connectivity index (χ0v) is 12.2. The lowest BCUT2D eigenvalue weighted by Gasteiger charge is -2.10. The van der Waals surface area contributed by atoms with E-state index in [9.17, 15) is 4.79 Å². The molecule has 1 aromatic carbocycles. The van der Waals surface area contributed by atoms with Gasteiger partial charge in [-0.1, -0.05) is 0 Å². The van der Waals surface area contributed by atoms with E-state index in [1.54, 1.807) is 30.0 Å². The van der Waals surface area contributed by atoms with E-state index < -0.39 is 0 Å². The Morgan fingerprint density at radius 2 is 1.76 bits per heavy atom. The molecule has 0 saturated carbocycles. The Hall–Kier alpha value is -2.43. The van der Waals surface area contributed by atoms with Crippen LogP contribution >= 0.6 is 0 Å². The van der Waals surface area contributed by atoms with Crippen LogP contribution in [0.2, 0.25) is 0 Å². The van der Waals surface area contributed by atoms with Crippen LogP contribution in [0.5, 0.6) is 17.2 Å². The third-order valence-electron chi connectivity index (χ3n) is 2.95. The molecule has 0 amide bonds. The Labute approximate surface area is 123 Å². The molecule has 0 unspecified atom stereocenters. The first-order valence-corrected chi connectivity index (χ1v) is 6.83. The Balaban J connectivity index is 1.93. The molecule has 5 nitrogen and oxygen atoms in total. The molecule has 0 spiro atoms. The van der Waals surface area contributed by atoms with Gasteiger partial charge in [0.2, 0.25) is 0 Å². The van der Waals surface area contributed by atoms with E-state index in [2.05, 4.69) is 0 Å². The fraction of sp³-hybridized carbons (Fsp3) is 0.312. The summed E-state index contributed by atoms with van der Waals surface area (Å²) in [6.45, 7) is 3.19. The van der Waals surface area contributed by atoms with E-state index in [0.29, 0.717) is 25.5 Å². The molecule has 21 heavy (non-hydrogen) atoms. The van der Waals surface area contributed by atoms with Crippen LogP contribution in [0.15, 0.2) is 47.4 Å². The van der Waals surface area contributed by atoms with Crippen molar-refractivity contribution in [3.05, 3.63) is 52.9 Å². The Bertz CT molecular complexity index is 619. The molecule has 0 aliphatic rings. The van der Waals surface area contributed by atoms with Gasteiger partial charge in [0.25, 0.3) is 5.56 Å². The molecule has 0 N–H and O–H groups in total. The van der Waals surface area contributed by atoms with Crippen LogP contribution in [-0.4, -0.2) is 24.9 Å². The van der Waals surface area contributed by atoms with Crippen LogP contribution in [0.25, 0.3) is 0 Å². The van der Waals surface area contributed by atoms with Crippen molar-refractivity contribution in [1.29, 1.82) is 0 Å². The van der Waals surface area contributed by atoms with Crippen molar-refractivity contribution < 1.29 is 14.2 Å². The van der Waals surface area contributed by atoms with Crippen LogP contribution in [-0.2, 0) is 6.54 Å². The van der Waals surface area contributed by atoms with Crippen LogP contribution in [0.3, 0.4) is 0 Å². The number of methoxy groups -OCH3 is 1. The highest BCUT2D eigenvalue weighted by Gasteiger charge is 2.03. The Morgan fingerprint density at radius 1 is 1.05 bits per heavy atom. The molecule has 0 bridgehead atoms. The molecular formula is C16H19NO4. The van der Waals surface area contributed by atoms with Gasteiger partial charge in [0.1, 0.15) is 18.1 Å². The predicted octanol–water partition coefficient (Wildman–Crippen LogP) is 2.33. The number of rotatable bonds is 7. The molecule has 5 heteroatoms. The van der Waals surface area contributed by atoms with Crippen molar-refractivity contribution in [3.8, 4) is 17.2 Å². The summed E-state index contributed by atoms with van der Waals surface area (Å²) in [6.07, 6.45) is 1.72. The topological polar surface area (TPSA) is 49.7 Å². The van der Waals surface area contributed by atoms with E-state index in [-0.39, 0.29) is 5.56 Å². The molecule has 0 fully saturated rings. The summed E-state index contributed by atoms with van der Waals surface area (Å²) in [5.41, 5.74) is -0.141. The lowest BCUT2D eigenvalue weighted by Crippen LogP contribution is -2.23. The van der Waals surface area contributed by atoms with E-state index in [4.69, 9.17) is 14.2 Å². The maximum Gasteiger partial charge on any atom is 0.292 e. The molecular weight excluding hydrogens is 270 g/mol. The Kier molecular flexibility index (Phi) is 5.26.